The molecular formula is C22H28F3N2P. The van der Waals surface area contributed by atoms with Crippen LogP contribution in [-0.4, -0.2) is 20.9 Å². The van der Waals surface area contributed by atoms with Gasteiger partial charge in [0.1, 0.15) is 5.57 Å². The Balaban J connectivity index is 1.71. The molecule has 0 saturated heterocycles. The van der Waals surface area contributed by atoms with E-state index in [1.165, 1.54) is 76.3 Å². The van der Waals surface area contributed by atoms with Gasteiger partial charge in [-0.2, -0.15) is 13.2 Å². The van der Waals surface area contributed by atoms with Gasteiger partial charge >= 0.3 is 6.18 Å². The van der Waals surface area contributed by atoms with Gasteiger partial charge in [0.25, 0.3) is 0 Å². The summed E-state index contributed by atoms with van der Waals surface area (Å²) < 4.78 is 41.6. The average molecular weight is 408 g/mol. The predicted octanol–water partition coefficient (Wildman–Crippen LogP) is 6.66. The lowest BCUT2D eigenvalue weighted by molar-refractivity contribution is -0.137. The van der Waals surface area contributed by atoms with Crippen LogP contribution in [-0.2, 0) is 6.18 Å². The Bertz CT molecular complexity index is 756. The smallest absolute Gasteiger partial charge is 0.300 e. The van der Waals surface area contributed by atoms with E-state index in [4.69, 9.17) is 4.98 Å². The number of aromatic nitrogens is 2. The van der Waals surface area contributed by atoms with Crippen LogP contribution in [0.2, 0.25) is 0 Å². The monoisotopic (exact) mass is 408 g/mol. The van der Waals surface area contributed by atoms with Crippen LogP contribution in [0.25, 0.3) is 5.69 Å². The van der Waals surface area contributed by atoms with Crippen LogP contribution in [0.3, 0.4) is 0 Å². The molecule has 6 heteroatoms. The first-order chi connectivity index (χ1) is 13.5. The molecule has 28 heavy (non-hydrogen) atoms. The van der Waals surface area contributed by atoms with E-state index in [-0.39, 0.29) is 0 Å². The molecule has 0 radical (unpaired) electrons. The highest BCUT2D eigenvalue weighted by atomic mass is 31.1. The van der Waals surface area contributed by atoms with Gasteiger partial charge in [0, 0.05) is 18.1 Å². The molecule has 1 aromatic carbocycles. The first-order valence-corrected chi connectivity index (χ1v) is 12.0. The van der Waals surface area contributed by atoms with E-state index in [2.05, 4.69) is 0 Å². The van der Waals surface area contributed by atoms with Gasteiger partial charge in [-0.15, -0.1) is 0 Å². The molecule has 1 heterocycles. The minimum absolute atomic E-state index is 0.467. The molecule has 0 bridgehead atoms. The molecule has 2 aromatic rings. The zero-order valence-electron chi connectivity index (χ0n) is 16.2. The number of hydrogen-bond donors (Lipinski definition) is 0. The molecule has 0 N–H and O–H groups in total. The molecule has 0 aliphatic heterocycles. The van der Waals surface area contributed by atoms with Crippen molar-refractivity contribution in [3.05, 3.63) is 42.2 Å². The van der Waals surface area contributed by atoms with Crippen LogP contribution in [0, 0.1) is 0 Å². The third-order valence-corrected chi connectivity index (χ3v) is 9.64. The van der Waals surface area contributed by atoms with Gasteiger partial charge in [0.2, 0.25) is 0 Å². The lowest BCUT2D eigenvalue weighted by Gasteiger charge is -2.38. The molecule has 4 rings (SSSR count). The van der Waals surface area contributed by atoms with E-state index in [1.807, 2.05) is 10.8 Å². The van der Waals surface area contributed by atoms with E-state index in [0.29, 0.717) is 17.0 Å². The number of rotatable bonds is 4. The zero-order valence-corrected chi connectivity index (χ0v) is 17.1. The van der Waals surface area contributed by atoms with Crippen LogP contribution in [0.4, 0.5) is 13.2 Å². The lowest BCUT2D eigenvalue weighted by Crippen LogP contribution is -2.30. The van der Waals surface area contributed by atoms with Crippen molar-refractivity contribution in [1.82, 2.24) is 9.55 Å². The molecule has 2 aliphatic rings. The van der Waals surface area contributed by atoms with Crippen LogP contribution in [0.5, 0.6) is 0 Å². The van der Waals surface area contributed by atoms with Gasteiger partial charge < -0.3 is 4.57 Å². The summed E-state index contributed by atoms with van der Waals surface area (Å²) in [6, 6.07) is 5.69. The van der Waals surface area contributed by atoms with Crippen LogP contribution < -0.4 is 5.57 Å². The van der Waals surface area contributed by atoms with Gasteiger partial charge in [-0.25, -0.2) is 4.98 Å². The molecule has 0 atom stereocenters. The highest BCUT2D eigenvalue weighted by molar-refractivity contribution is 7.66. The molecule has 2 aliphatic carbocycles. The molecule has 2 fully saturated rings. The Kier molecular flexibility index (Phi) is 6.10. The molecule has 0 amide bonds. The van der Waals surface area contributed by atoms with Crippen molar-refractivity contribution < 1.29 is 13.2 Å². The minimum Gasteiger partial charge on any atom is -0.300 e. The topological polar surface area (TPSA) is 17.8 Å². The summed E-state index contributed by atoms with van der Waals surface area (Å²) in [5, 5.41) is 0. The summed E-state index contributed by atoms with van der Waals surface area (Å²) >= 11 is 0. The van der Waals surface area contributed by atoms with E-state index in [0.717, 1.165) is 11.6 Å². The maximum Gasteiger partial charge on any atom is 0.416 e. The van der Waals surface area contributed by atoms with Crippen LogP contribution in [0.1, 0.15) is 69.8 Å². The van der Waals surface area contributed by atoms with Gasteiger partial charge in [-0.05, 0) is 63.1 Å². The van der Waals surface area contributed by atoms with Gasteiger partial charge in [0.05, 0.1) is 5.56 Å². The first kappa shape index (κ1) is 19.9. The normalized spacial score (nSPS) is 20.0. The lowest BCUT2D eigenvalue weighted by atomic mass is 9.99. The molecule has 2 saturated carbocycles. The summed E-state index contributed by atoms with van der Waals surface area (Å²) in [4.78, 5) is 4.75. The first-order valence-electron chi connectivity index (χ1n) is 10.5. The van der Waals surface area contributed by atoms with E-state index >= 15 is 0 Å². The second-order valence-corrected chi connectivity index (χ2v) is 10.8. The van der Waals surface area contributed by atoms with Crippen molar-refractivity contribution in [2.45, 2.75) is 81.7 Å². The molecule has 152 valence electrons. The summed E-state index contributed by atoms with van der Waals surface area (Å²) in [7, 11) is -0.467. The maximum absolute atomic E-state index is 13.2. The van der Waals surface area contributed by atoms with Crippen LogP contribution in [0.15, 0.2) is 36.7 Å². The van der Waals surface area contributed by atoms with Crippen LogP contribution >= 0.6 is 7.92 Å². The summed E-state index contributed by atoms with van der Waals surface area (Å²) in [6.45, 7) is 0. The fourth-order valence-corrected chi connectivity index (χ4v) is 8.59. The van der Waals surface area contributed by atoms with Gasteiger partial charge in [-0.1, -0.05) is 44.6 Å². The quantitative estimate of drug-likeness (QED) is 0.517. The number of hydrogen-bond acceptors (Lipinski definition) is 1. The molecule has 1 aromatic heterocycles. The second kappa shape index (κ2) is 8.57. The highest BCUT2D eigenvalue weighted by Gasteiger charge is 2.35. The Hall–Kier alpha value is -1.35. The Morgan fingerprint density at radius 3 is 2.07 bits per heavy atom. The van der Waals surface area contributed by atoms with E-state index in [1.54, 1.807) is 12.3 Å². The SMILES string of the molecule is FC(F)(F)c1cccc(-n2ccnc2P(C2CCCCC2)C2CCCCC2)c1. The third kappa shape index (κ3) is 4.30. The Morgan fingerprint density at radius 2 is 1.50 bits per heavy atom. The largest absolute Gasteiger partial charge is 0.416 e. The van der Waals surface area contributed by atoms with Crippen molar-refractivity contribution in [2.24, 2.45) is 0 Å². The van der Waals surface area contributed by atoms with Crippen molar-refractivity contribution >= 4 is 13.5 Å². The average Bonchev–Trinajstić information content (AvgIpc) is 3.19. The highest BCUT2D eigenvalue weighted by Crippen LogP contribution is 2.54. The Labute approximate surface area is 166 Å². The number of halogens is 3. The second-order valence-electron chi connectivity index (χ2n) is 8.14. The van der Waals surface area contributed by atoms with Crippen molar-refractivity contribution in [3.63, 3.8) is 0 Å². The molecular weight excluding hydrogens is 380 g/mol. The van der Waals surface area contributed by atoms with Gasteiger partial charge in [0.15, 0.2) is 0 Å². The Morgan fingerprint density at radius 1 is 0.893 bits per heavy atom. The molecule has 2 nitrogen and oxygen atoms in total. The third-order valence-electron chi connectivity index (χ3n) is 6.24. The van der Waals surface area contributed by atoms with E-state index < -0.39 is 19.7 Å². The van der Waals surface area contributed by atoms with Crippen molar-refractivity contribution in [1.29, 1.82) is 0 Å². The zero-order chi connectivity index (χ0) is 19.6. The summed E-state index contributed by atoms with van der Waals surface area (Å²) in [5.41, 5.74) is 2.36. The molecule has 0 spiro atoms. The minimum atomic E-state index is -4.33. The molecule has 0 unspecified atom stereocenters. The fourth-order valence-electron chi connectivity index (χ4n) is 4.86. The summed E-state index contributed by atoms with van der Waals surface area (Å²) in [5.74, 6) is 0. The fraction of sp³-hybridized carbons (Fsp3) is 0.591. The standard InChI is InChI=1S/C22H28F3N2P/c23-22(24,25)17-8-7-9-18(16-17)27-15-14-26-21(27)28(19-10-3-1-4-11-19)20-12-5-2-6-13-20/h7-9,14-16,19-20H,1-6,10-13H2. The number of benzene rings is 1. The van der Waals surface area contributed by atoms with E-state index in [9.17, 15) is 13.2 Å². The van der Waals surface area contributed by atoms with Crippen molar-refractivity contribution in [3.8, 4) is 5.69 Å². The van der Waals surface area contributed by atoms with Gasteiger partial charge in [-0.3, -0.25) is 0 Å². The number of imidazole rings is 1. The number of alkyl halides is 3. The summed E-state index contributed by atoms with van der Waals surface area (Å²) in [6.07, 6.45) is 12.0. The van der Waals surface area contributed by atoms with Crippen molar-refractivity contribution in [2.75, 3.05) is 0 Å². The number of nitrogens with zero attached hydrogens (tertiary/aromatic N) is 2. The predicted molar refractivity (Wildman–Crippen MR) is 109 cm³/mol. The maximum atomic E-state index is 13.2.